The van der Waals surface area contributed by atoms with E-state index in [0.717, 1.165) is 38.2 Å². The molecule has 4 atom stereocenters. The number of quaternary nitrogens is 1. The summed E-state index contributed by atoms with van der Waals surface area (Å²) < 4.78 is 6.88. The molecule has 3 saturated heterocycles. The standard InChI is InChI=1S/C16H27N5O3/c1-24-7-4-17-16(23)15-11-20-5-2-12(15)8-14(20)10-21-9-13(3-6-22)18-19-21/h9,12,14-15,22H,2-8,10-11H2,1H3,(H,17,23)/p+1/t12-,14-,15+/m1/s1. The lowest BCUT2D eigenvalue weighted by atomic mass is 9.75. The second kappa shape index (κ2) is 8.04. The summed E-state index contributed by atoms with van der Waals surface area (Å²) in [6.07, 6.45) is 4.66. The molecule has 4 heterocycles. The van der Waals surface area contributed by atoms with Gasteiger partial charge in [-0.3, -0.25) is 4.79 Å². The average molecular weight is 338 g/mol. The number of aromatic nitrogens is 3. The Morgan fingerprint density at radius 3 is 3.17 bits per heavy atom. The Bertz CT molecular complexity index is 550. The van der Waals surface area contributed by atoms with Crippen LogP contribution in [0.5, 0.6) is 0 Å². The van der Waals surface area contributed by atoms with E-state index < -0.39 is 0 Å². The molecule has 134 valence electrons. The zero-order chi connectivity index (χ0) is 16.9. The Balaban J connectivity index is 1.54. The first-order valence-corrected chi connectivity index (χ1v) is 8.82. The van der Waals surface area contributed by atoms with Crippen LogP contribution in [0.2, 0.25) is 0 Å². The monoisotopic (exact) mass is 338 g/mol. The number of aliphatic hydroxyl groups excluding tert-OH is 1. The highest BCUT2D eigenvalue weighted by Crippen LogP contribution is 2.27. The summed E-state index contributed by atoms with van der Waals surface area (Å²) in [5, 5.41) is 20.2. The summed E-state index contributed by atoms with van der Waals surface area (Å²) >= 11 is 0. The summed E-state index contributed by atoms with van der Waals surface area (Å²) in [6.45, 7) is 4.13. The Kier molecular flexibility index (Phi) is 5.80. The smallest absolute Gasteiger partial charge is 0.229 e. The summed E-state index contributed by atoms with van der Waals surface area (Å²) in [5.41, 5.74) is 0.832. The van der Waals surface area contributed by atoms with Crippen molar-refractivity contribution in [1.29, 1.82) is 0 Å². The van der Waals surface area contributed by atoms with Crippen LogP contribution >= 0.6 is 0 Å². The molecule has 0 radical (unpaired) electrons. The molecule has 2 bridgehead atoms. The number of nitrogens with zero attached hydrogens (tertiary/aromatic N) is 3. The largest absolute Gasteiger partial charge is 0.396 e. The molecule has 8 heteroatoms. The molecule has 3 aliphatic rings. The molecular formula is C16H28N5O3+. The zero-order valence-corrected chi connectivity index (χ0v) is 14.3. The quantitative estimate of drug-likeness (QED) is 0.471. The molecular weight excluding hydrogens is 310 g/mol. The van der Waals surface area contributed by atoms with Crippen molar-refractivity contribution in [2.75, 3.05) is 40.0 Å². The van der Waals surface area contributed by atoms with Crippen molar-refractivity contribution in [3.63, 3.8) is 0 Å². The second-order valence-electron chi connectivity index (χ2n) is 6.89. The summed E-state index contributed by atoms with van der Waals surface area (Å²) in [7, 11) is 1.64. The van der Waals surface area contributed by atoms with Gasteiger partial charge in [0.25, 0.3) is 0 Å². The number of amides is 1. The maximum absolute atomic E-state index is 12.4. The van der Waals surface area contributed by atoms with E-state index >= 15 is 0 Å². The van der Waals surface area contributed by atoms with E-state index in [9.17, 15) is 4.79 Å². The fraction of sp³-hybridized carbons (Fsp3) is 0.812. The Morgan fingerprint density at radius 2 is 2.46 bits per heavy atom. The van der Waals surface area contributed by atoms with Crippen LogP contribution in [-0.4, -0.2) is 72.0 Å². The molecule has 3 aliphatic heterocycles. The van der Waals surface area contributed by atoms with Gasteiger partial charge >= 0.3 is 0 Å². The Hall–Kier alpha value is -1.51. The van der Waals surface area contributed by atoms with Crippen LogP contribution in [0.1, 0.15) is 18.5 Å². The minimum atomic E-state index is 0.0986. The van der Waals surface area contributed by atoms with Gasteiger partial charge in [-0.2, -0.15) is 0 Å². The SMILES string of the molecule is COCCNC(=O)[C@H]1C[NH+]2CC[C@@H]1C[C@@H]2Cn1cc(CCO)nn1. The summed E-state index contributed by atoms with van der Waals surface area (Å²) in [5.74, 6) is 0.775. The van der Waals surface area contributed by atoms with E-state index in [1.807, 2.05) is 10.9 Å². The first-order valence-electron chi connectivity index (χ1n) is 8.82. The van der Waals surface area contributed by atoms with Crippen molar-refractivity contribution in [1.82, 2.24) is 20.3 Å². The third kappa shape index (κ3) is 3.93. The van der Waals surface area contributed by atoms with Gasteiger partial charge in [0.2, 0.25) is 5.91 Å². The predicted molar refractivity (Wildman–Crippen MR) is 86.4 cm³/mol. The van der Waals surface area contributed by atoms with Gasteiger partial charge < -0.3 is 20.1 Å². The zero-order valence-electron chi connectivity index (χ0n) is 14.3. The van der Waals surface area contributed by atoms with Gasteiger partial charge in [-0.15, -0.1) is 5.10 Å². The van der Waals surface area contributed by atoms with Crippen molar-refractivity contribution in [3.8, 4) is 0 Å². The number of piperidine rings is 3. The maximum atomic E-state index is 12.4. The lowest BCUT2D eigenvalue weighted by Crippen LogP contribution is -3.20. The molecule has 1 aromatic heterocycles. The molecule has 0 saturated carbocycles. The van der Waals surface area contributed by atoms with Gasteiger partial charge in [0.05, 0.1) is 37.9 Å². The van der Waals surface area contributed by atoms with E-state index in [4.69, 9.17) is 9.84 Å². The van der Waals surface area contributed by atoms with E-state index in [2.05, 4.69) is 15.6 Å². The Morgan fingerprint density at radius 1 is 1.58 bits per heavy atom. The van der Waals surface area contributed by atoms with Gasteiger partial charge in [0.1, 0.15) is 6.04 Å². The van der Waals surface area contributed by atoms with Crippen molar-refractivity contribution < 1.29 is 19.5 Å². The van der Waals surface area contributed by atoms with E-state index in [1.165, 1.54) is 4.90 Å². The van der Waals surface area contributed by atoms with Crippen molar-refractivity contribution in [2.45, 2.75) is 31.8 Å². The summed E-state index contributed by atoms with van der Waals surface area (Å²) in [6, 6.07) is 0.496. The van der Waals surface area contributed by atoms with Crippen LogP contribution in [0.4, 0.5) is 0 Å². The minimum absolute atomic E-state index is 0.0986. The van der Waals surface area contributed by atoms with Crippen LogP contribution in [0.25, 0.3) is 0 Å². The van der Waals surface area contributed by atoms with Gasteiger partial charge in [-0.1, -0.05) is 5.21 Å². The molecule has 0 spiro atoms. The maximum Gasteiger partial charge on any atom is 0.229 e. The molecule has 1 aromatic rings. The highest BCUT2D eigenvalue weighted by Gasteiger charge is 2.46. The van der Waals surface area contributed by atoms with E-state index in [0.29, 0.717) is 31.5 Å². The molecule has 3 N–H and O–H groups in total. The number of rotatable bonds is 8. The van der Waals surface area contributed by atoms with Crippen LogP contribution in [-0.2, 0) is 22.5 Å². The number of ether oxygens (including phenoxy) is 1. The fourth-order valence-corrected chi connectivity index (χ4v) is 4.11. The highest BCUT2D eigenvalue weighted by molar-refractivity contribution is 5.79. The van der Waals surface area contributed by atoms with Crippen molar-refractivity contribution in [2.24, 2.45) is 11.8 Å². The number of carbonyl (C=O) groups excluding carboxylic acids is 1. The number of hydrogen-bond acceptors (Lipinski definition) is 5. The van der Waals surface area contributed by atoms with Crippen molar-refractivity contribution in [3.05, 3.63) is 11.9 Å². The molecule has 24 heavy (non-hydrogen) atoms. The molecule has 0 aromatic carbocycles. The molecule has 1 amide bonds. The van der Waals surface area contributed by atoms with Crippen LogP contribution < -0.4 is 10.2 Å². The van der Waals surface area contributed by atoms with Crippen LogP contribution in [0.3, 0.4) is 0 Å². The minimum Gasteiger partial charge on any atom is -0.396 e. The lowest BCUT2D eigenvalue weighted by molar-refractivity contribution is -0.945. The third-order valence-corrected chi connectivity index (χ3v) is 5.36. The Labute approximate surface area is 142 Å². The average Bonchev–Trinajstić information content (AvgIpc) is 3.03. The van der Waals surface area contributed by atoms with Crippen LogP contribution in [0, 0.1) is 11.8 Å². The number of fused-ring (bicyclic) bond motifs is 3. The van der Waals surface area contributed by atoms with Crippen molar-refractivity contribution >= 4 is 5.91 Å². The highest BCUT2D eigenvalue weighted by atomic mass is 16.5. The fourth-order valence-electron chi connectivity index (χ4n) is 4.11. The lowest BCUT2D eigenvalue weighted by Gasteiger charge is -2.46. The topological polar surface area (TPSA) is 93.7 Å². The first-order chi connectivity index (χ1) is 11.7. The molecule has 4 rings (SSSR count). The third-order valence-electron chi connectivity index (χ3n) is 5.36. The van der Waals surface area contributed by atoms with Gasteiger partial charge in [-0.05, 0) is 5.92 Å². The second-order valence-corrected chi connectivity index (χ2v) is 6.89. The van der Waals surface area contributed by atoms with Gasteiger partial charge in [0.15, 0.2) is 0 Å². The normalized spacial score (nSPS) is 28.9. The van der Waals surface area contributed by atoms with E-state index in [1.54, 1.807) is 7.11 Å². The molecule has 3 fully saturated rings. The molecule has 0 aliphatic carbocycles. The van der Waals surface area contributed by atoms with Gasteiger partial charge in [-0.25, -0.2) is 4.68 Å². The van der Waals surface area contributed by atoms with E-state index in [-0.39, 0.29) is 18.4 Å². The molecule has 8 nitrogen and oxygen atoms in total. The predicted octanol–water partition coefficient (Wildman–Crippen LogP) is -2.13. The number of carbonyl (C=O) groups is 1. The number of methoxy groups -OCH3 is 1. The molecule has 1 unspecified atom stereocenters. The number of nitrogens with one attached hydrogen (secondary N) is 2. The summed E-state index contributed by atoms with van der Waals surface area (Å²) in [4.78, 5) is 13.9. The van der Waals surface area contributed by atoms with Crippen LogP contribution in [0.15, 0.2) is 6.20 Å². The number of aliphatic hydroxyl groups is 1. The number of hydrogen-bond donors (Lipinski definition) is 3. The first kappa shape index (κ1) is 17.3. The van der Waals surface area contributed by atoms with Gasteiger partial charge in [0, 0.05) is 45.7 Å².